The molecule has 0 N–H and O–H groups in total. The smallest absolute Gasteiger partial charge is 0.465 e. The monoisotopic (exact) mass is 343 g/mol. The Bertz CT molecular complexity index is 685. The number of benzene rings is 2. The number of nitrogens with zero attached hydrogens (tertiary/aromatic N) is 1. The van der Waals surface area contributed by atoms with Crippen LogP contribution in [0, 0.1) is 0 Å². The largest absolute Gasteiger partial charge is 0.513 e. The highest BCUT2D eigenvalue weighted by Gasteiger charge is 2.10. The van der Waals surface area contributed by atoms with E-state index in [1.54, 1.807) is 0 Å². The van der Waals surface area contributed by atoms with Gasteiger partial charge in [0, 0.05) is 12.2 Å². The van der Waals surface area contributed by atoms with E-state index in [0.717, 1.165) is 12.2 Å². The van der Waals surface area contributed by atoms with Crippen molar-refractivity contribution in [2.75, 3.05) is 31.7 Å². The number of carbonyl (C=O) groups excluding carboxylic acids is 2. The average Bonchev–Trinajstić information content (AvgIpc) is 2.66. The highest BCUT2D eigenvalue weighted by molar-refractivity contribution is 5.89. The minimum atomic E-state index is -0.782. The molecule has 2 rings (SSSR count). The second-order valence-electron chi connectivity index (χ2n) is 5.13. The number of methoxy groups -OCH3 is 1. The van der Waals surface area contributed by atoms with Crippen molar-refractivity contribution in [2.45, 2.75) is 6.92 Å². The van der Waals surface area contributed by atoms with Gasteiger partial charge in [0.25, 0.3) is 0 Å². The van der Waals surface area contributed by atoms with Crippen LogP contribution in [-0.4, -0.2) is 38.9 Å². The second kappa shape index (κ2) is 9.32. The lowest BCUT2D eigenvalue weighted by Crippen LogP contribution is -2.28. The maximum atomic E-state index is 11.7. The van der Waals surface area contributed by atoms with Crippen LogP contribution in [-0.2, 0) is 9.47 Å². The predicted molar refractivity (Wildman–Crippen MR) is 94.1 cm³/mol. The molecular weight excluding hydrogens is 322 g/mol. The van der Waals surface area contributed by atoms with Gasteiger partial charge in [-0.15, -0.1) is 0 Å². The number of anilines is 1. The molecule has 0 aliphatic carbocycles. The van der Waals surface area contributed by atoms with E-state index in [9.17, 15) is 9.59 Å². The molecule has 0 aliphatic rings. The Labute approximate surface area is 146 Å². The van der Waals surface area contributed by atoms with Crippen molar-refractivity contribution in [1.82, 2.24) is 0 Å². The van der Waals surface area contributed by atoms with Crippen molar-refractivity contribution in [3.63, 3.8) is 0 Å². The Morgan fingerprint density at radius 2 is 1.68 bits per heavy atom. The fraction of sp³-hybridized carbons (Fsp3) is 0.263. The third-order valence-corrected chi connectivity index (χ3v) is 3.56. The van der Waals surface area contributed by atoms with Crippen LogP contribution in [0.1, 0.15) is 17.3 Å². The van der Waals surface area contributed by atoms with E-state index in [0.29, 0.717) is 17.9 Å². The summed E-state index contributed by atoms with van der Waals surface area (Å²) in [5.41, 5.74) is 1.45. The first-order valence-electron chi connectivity index (χ1n) is 7.97. The Hall–Kier alpha value is -3.02. The summed E-state index contributed by atoms with van der Waals surface area (Å²) in [5, 5.41) is 0. The summed E-state index contributed by atoms with van der Waals surface area (Å²) in [7, 11) is 1.30. The van der Waals surface area contributed by atoms with Gasteiger partial charge >= 0.3 is 12.1 Å². The topological polar surface area (TPSA) is 65.1 Å². The number of hydrogen-bond acceptors (Lipinski definition) is 6. The van der Waals surface area contributed by atoms with Crippen LogP contribution in [0.3, 0.4) is 0 Å². The molecule has 0 aliphatic heterocycles. The van der Waals surface area contributed by atoms with Gasteiger partial charge in [0.15, 0.2) is 0 Å². The summed E-state index contributed by atoms with van der Waals surface area (Å²) in [6.07, 6.45) is -0.782. The van der Waals surface area contributed by atoms with Crippen molar-refractivity contribution in [1.29, 1.82) is 0 Å². The molecule has 0 amide bonds. The quantitative estimate of drug-likeness (QED) is 0.566. The lowest BCUT2D eigenvalue weighted by molar-refractivity contribution is 0.0600. The first-order valence-corrected chi connectivity index (χ1v) is 7.97. The molecule has 25 heavy (non-hydrogen) atoms. The van der Waals surface area contributed by atoms with Gasteiger partial charge in [-0.05, 0) is 43.3 Å². The van der Waals surface area contributed by atoms with E-state index in [1.165, 1.54) is 31.4 Å². The fourth-order valence-electron chi connectivity index (χ4n) is 2.25. The summed E-state index contributed by atoms with van der Waals surface area (Å²) in [6.45, 7) is 3.62. The average molecular weight is 343 g/mol. The van der Waals surface area contributed by atoms with Gasteiger partial charge in [-0.1, -0.05) is 18.2 Å². The van der Waals surface area contributed by atoms with E-state index < -0.39 is 12.1 Å². The number of hydrogen-bond donors (Lipinski definition) is 0. The third-order valence-electron chi connectivity index (χ3n) is 3.56. The molecule has 2 aromatic carbocycles. The summed E-state index contributed by atoms with van der Waals surface area (Å²) in [5.74, 6) is -0.150. The zero-order valence-electron chi connectivity index (χ0n) is 14.3. The highest BCUT2D eigenvalue weighted by atomic mass is 16.7. The summed E-state index contributed by atoms with van der Waals surface area (Å²) in [6, 6.07) is 15.9. The van der Waals surface area contributed by atoms with Crippen LogP contribution >= 0.6 is 0 Å². The van der Waals surface area contributed by atoms with Gasteiger partial charge in [0.05, 0.1) is 19.2 Å². The molecule has 0 atom stereocenters. The van der Waals surface area contributed by atoms with Crippen molar-refractivity contribution in [2.24, 2.45) is 0 Å². The van der Waals surface area contributed by atoms with Crippen LogP contribution in [0.5, 0.6) is 5.75 Å². The van der Waals surface area contributed by atoms with Gasteiger partial charge < -0.3 is 19.1 Å². The molecule has 0 heterocycles. The van der Waals surface area contributed by atoms with E-state index >= 15 is 0 Å². The van der Waals surface area contributed by atoms with Crippen molar-refractivity contribution < 1.29 is 23.8 Å². The first kappa shape index (κ1) is 18.3. The van der Waals surface area contributed by atoms with Crippen molar-refractivity contribution in [3.05, 3.63) is 60.2 Å². The molecule has 0 saturated carbocycles. The number of carbonyl (C=O) groups is 2. The third kappa shape index (κ3) is 5.53. The number of esters is 1. The van der Waals surface area contributed by atoms with Gasteiger partial charge in [-0.25, -0.2) is 9.59 Å². The van der Waals surface area contributed by atoms with Gasteiger partial charge in [0.2, 0.25) is 0 Å². The van der Waals surface area contributed by atoms with Crippen LogP contribution in [0.2, 0.25) is 0 Å². The maximum absolute atomic E-state index is 11.7. The van der Waals surface area contributed by atoms with E-state index in [1.807, 2.05) is 37.3 Å². The predicted octanol–water partition coefficient (Wildman–Crippen LogP) is 3.52. The Kier molecular flexibility index (Phi) is 6.83. The molecule has 0 bridgehead atoms. The number of rotatable bonds is 7. The Balaban J connectivity index is 1.79. The molecule has 0 unspecified atom stereocenters. The molecule has 132 valence electrons. The van der Waals surface area contributed by atoms with Crippen LogP contribution < -0.4 is 9.64 Å². The number of ether oxygens (including phenoxy) is 3. The van der Waals surface area contributed by atoms with Gasteiger partial charge in [-0.3, -0.25) is 0 Å². The van der Waals surface area contributed by atoms with E-state index in [4.69, 9.17) is 9.47 Å². The molecule has 0 saturated heterocycles. The van der Waals surface area contributed by atoms with E-state index in [-0.39, 0.29) is 6.61 Å². The zero-order valence-corrected chi connectivity index (χ0v) is 14.3. The molecule has 6 heteroatoms. The molecular formula is C19H21NO5. The standard InChI is InChI=1S/C19H21NO5/c1-3-20(16-7-5-4-6-8-16)13-14-24-19(22)25-17-11-9-15(10-12-17)18(21)23-2/h4-12H,3,13-14H2,1-2H3. The minimum Gasteiger partial charge on any atom is -0.465 e. The summed E-state index contributed by atoms with van der Waals surface area (Å²) < 4.78 is 14.8. The lowest BCUT2D eigenvalue weighted by Gasteiger charge is -2.22. The highest BCUT2D eigenvalue weighted by Crippen LogP contribution is 2.14. The fourth-order valence-corrected chi connectivity index (χ4v) is 2.25. The zero-order chi connectivity index (χ0) is 18.1. The van der Waals surface area contributed by atoms with Crippen molar-refractivity contribution >= 4 is 17.8 Å². The van der Waals surface area contributed by atoms with Crippen molar-refractivity contribution in [3.8, 4) is 5.75 Å². The number of para-hydroxylation sites is 1. The van der Waals surface area contributed by atoms with Gasteiger partial charge in [-0.2, -0.15) is 0 Å². The summed E-state index contributed by atoms with van der Waals surface area (Å²) in [4.78, 5) is 25.2. The SMILES string of the molecule is CCN(CCOC(=O)Oc1ccc(C(=O)OC)cc1)c1ccccc1. The Morgan fingerprint density at radius 3 is 2.28 bits per heavy atom. The molecule has 0 spiro atoms. The minimum absolute atomic E-state index is 0.210. The normalized spacial score (nSPS) is 10.0. The molecule has 6 nitrogen and oxygen atoms in total. The first-order chi connectivity index (χ1) is 12.1. The maximum Gasteiger partial charge on any atom is 0.513 e. The molecule has 0 fully saturated rings. The van der Waals surface area contributed by atoms with Gasteiger partial charge in [0.1, 0.15) is 12.4 Å². The van der Waals surface area contributed by atoms with Crippen LogP contribution in [0.25, 0.3) is 0 Å². The number of likely N-dealkylation sites (N-methyl/N-ethyl adjacent to an activating group) is 1. The second-order valence-corrected chi connectivity index (χ2v) is 5.13. The van der Waals surface area contributed by atoms with Crippen LogP contribution in [0.4, 0.5) is 10.5 Å². The molecule has 0 radical (unpaired) electrons. The van der Waals surface area contributed by atoms with Crippen LogP contribution in [0.15, 0.2) is 54.6 Å². The van der Waals surface area contributed by atoms with E-state index in [2.05, 4.69) is 9.64 Å². The summed E-state index contributed by atoms with van der Waals surface area (Å²) >= 11 is 0. The Morgan fingerprint density at radius 1 is 1.00 bits per heavy atom. The molecule has 0 aromatic heterocycles. The lowest BCUT2D eigenvalue weighted by atomic mass is 10.2. The molecule has 2 aromatic rings.